The molecule has 0 aliphatic carbocycles. The van der Waals surface area contributed by atoms with Crippen LogP contribution >= 0.6 is 10.5 Å². The molecule has 2 nitrogen and oxygen atoms in total. The predicted molar refractivity (Wildman–Crippen MR) is 138 cm³/mol. The van der Waals surface area contributed by atoms with Crippen LogP contribution in [0.1, 0.15) is 29.8 Å². The van der Waals surface area contributed by atoms with Crippen molar-refractivity contribution in [3.05, 3.63) is 114 Å². The minimum atomic E-state index is -1.21. The van der Waals surface area contributed by atoms with E-state index in [1.54, 1.807) is 19.9 Å². The number of fused-ring (bicyclic) bond motifs is 3. The Hall–Kier alpha value is -4.01. The minimum Gasteiger partial charge on any atom is -0.443 e. The Balaban J connectivity index is 1.48. The summed E-state index contributed by atoms with van der Waals surface area (Å²) in [7, 11) is -0.337. The van der Waals surface area contributed by atoms with Crippen LogP contribution in [-0.2, 0) is 4.74 Å². The van der Waals surface area contributed by atoms with Crippen molar-refractivity contribution in [2.24, 2.45) is 0 Å². The molecule has 0 spiro atoms. The molecular weight excluding hydrogens is 462 g/mol. The second-order valence-corrected chi connectivity index (χ2v) is 10.6. The van der Waals surface area contributed by atoms with E-state index < -0.39 is 23.2 Å². The van der Waals surface area contributed by atoms with Crippen molar-refractivity contribution in [3.8, 4) is 16.7 Å². The first-order valence-corrected chi connectivity index (χ1v) is 12.3. The maximum atomic E-state index is 13.9. The van der Waals surface area contributed by atoms with Crippen molar-refractivity contribution < 1.29 is 18.3 Å². The van der Waals surface area contributed by atoms with Gasteiger partial charge in [-0.2, -0.15) is 0 Å². The lowest BCUT2D eigenvalue weighted by atomic mass is 10.1. The van der Waals surface area contributed by atoms with Crippen LogP contribution in [0.3, 0.4) is 0 Å². The van der Waals surface area contributed by atoms with E-state index in [1.165, 1.54) is 20.2 Å². The highest BCUT2D eigenvalue weighted by Gasteiger charge is 2.26. The fourth-order valence-electron chi connectivity index (χ4n) is 3.98. The molecule has 172 valence electrons. The number of halogens is 2. The van der Waals surface area contributed by atoms with Gasteiger partial charge in [0.1, 0.15) is 11.6 Å². The molecule has 0 atom stereocenters. The van der Waals surface area contributed by atoms with Gasteiger partial charge in [-0.05, 0) is 68.4 Å². The molecule has 5 rings (SSSR count). The van der Waals surface area contributed by atoms with Gasteiger partial charge in [0.25, 0.3) is 0 Å². The van der Waals surface area contributed by atoms with Crippen LogP contribution in [-0.4, -0.2) is 11.6 Å². The van der Waals surface area contributed by atoms with Gasteiger partial charge < -0.3 is 4.74 Å². The van der Waals surface area contributed by atoms with E-state index in [0.29, 0.717) is 5.56 Å². The molecule has 0 saturated heterocycles. The van der Waals surface area contributed by atoms with E-state index in [0.717, 1.165) is 23.1 Å². The second kappa shape index (κ2) is 8.98. The zero-order valence-electron chi connectivity index (χ0n) is 19.1. The molecule has 0 amide bonds. The summed E-state index contributed by atoms with van der Waals surface area (Å²) in [6, 6.07) is 27.2. The largest absolute Gasteiger partial charge is 0.443 e. The molecule has 0 fully saturated rings. The molecule has 4 aromatic carbocycles. The van der Waals surface area contributed by atoms with Gasteiger partial charge in [0, 0.05) is 27.3 Å². The Labute approximate surface area is 204 Å². The van der Waals surface area contributed by atoms with E-state index in [9.17, 15) is 13.6 Å². The van der Waals surface area contributed by atoms with Crippen LogP contribution < -0.4 is 0 Å². The van der Waals surface area contributed by atoms with Gasteiger partial charge in [-0.15, -0.1) is 0 Å². The molecule has 0 aliphatic rings. The molecule has 0 unspecified atom stereocenters. The summed E-state index contributed by atoms with van der Waals surface area (Å²) in [6.45, 7) is 3.23. The fourth-order valence-corrected chi connectivity index (χ4v) is 6.41. The first-order chi connectivity index (χ1) is 16.8. The highest BCUT2D eigenvalue weighted by atomic mass is 32.2. The van der Waals surface area contributed by atoms with Gasteiger partial charge in [0.15, 0.2) is 19.9 Å². The molecular formula is C30H21F2O2S+. The third kappa shape index (κ3) is 4.53. The topological polar surface area (TPSA) is 26.3 Å². The van der Waals surface area contributed by atoms with E-state index in [2.05, 4.69) is 36.1 Å². The van der Waals surface area contributed by atoms with Crippen LogP contribution in [0.5, 0.6) is 0 Å². The third-order valence-corrected chi connectivity index (χ3v) is 7.90. The molecule has 0 N–H and O–H groups in total. The Bertz CT molecular complexity index is 1600. The molecule has 1 aromatic heterocycles. The minimum absolute atomic E-state index is 0.0871. The fraction of sp³-hybridized carbons (Fsp3) is 0.100. The molecule has 0 aliphatic heterocycles. The van der Waals surface area contributed by atoms with Gasteiger partial charge in [0.2, 0.25) is 0 Å². The number of ether oxygens (including phenoxy) is 1. The highest BCUT2D eigenvalue weighted by molar-refractivity contribution is 7.50. The summed E-state index contributed by atoms with van der Waals surface area (Å²) in [5.41, 5.74) is -0.889. The lowest BCUT2D eigenvalue weighted by molar-refractivity contribution is 0.0204. The van der Waals surface area contributed by atoms with Crippen LogP contribution in [0.25, 0.3) is 25.1 Å². The third-order valence-electron chi connectivity index (χ3n) is 5.58. The summed E-state index contributed by atoms with van der Waals surface area (Å²) in [6.07, 6.45) is 0. The Morgan fingerprint density at radius 3 is 2.17 bits per heavy atom. The van der Waals surface area contributed by atoms with Gasteiger partial charge >= 0.3 is 5.97 Å². The monoisotopic (exact) mass is 483 g/mol. The van der Waals surface area contributed by atoms with Gasteiger partial charge in [-0.1, -0.05) is 42.2 Å². The number of benzene rings is 4. The zero-order valence-corrected chi connectivity index (χ0v) is 20.0. The number of thiophene rings is 1. The predicted octanol–water partition coefficient (Wildman–Crippen LogP) is 8.00. The molecule has 5 heteroatoms. The maximum Gasteiger partial charge on any atom is 0.339 e. The van der Waals surface area contributed by atoms with Crippen molar-refractivity contribution in [2.75, 3.05) is 0 Å². The summed E-state index contributed by atoms with van der Waals surface area (Å²) >= 11 is 0. The van der Waals surface area contributed by atoms with Crippen molar-refractivity contribution in [1.82, 2.24) is 0 Å². The SMILES string of the molecule is CC(C)(C#Cc1cc(F)ccc1F)OC(=O)c1cccc(-[s+]2c3ccccc3c3ccccc32)c1. The zero-order chi connectivity index (χ0) is 24.6. The quantitative estimate of drug-likeness (QED) is 0.148. The molecule has 0 radical (unpaired) electrons. The number of esters is 1. The van der Waals surface area contributed by atoms with Crippen molar-refractivity contribution in [1.29, 1.82) is 0 Å². The highest BCUT2D eigenvalue weighted by Crippen LogP contribution is 2.48. The van der Waals surface area contributed by atoms with Crippen molar-refractivity contribution >= 4 is 36.6 Å². The van der Waals surface area contributed by atoms with Crippen molar-refractivity contribution in [2.45, 2.75) is 19.4 Å². The standard InChI is InChI=1S/C30H21F2O2S/c1-30(2,17-16-20-18-22(31)14-15-26(20)32)34-29(33)21-8-7-9-23(19-21)35-27-12-5-3-10-24(27)25-11-4-6-13-28(25)35/h3-15,18-19H,1-2H3/q+1. The lowest BCUT2D eigenvalue weighted by Crippen LogP contribution is -2.26. The van der Waals surface area contributed by atoms with E-state index >= 15 is 0 Å². The van der Waals surface area contributed by atoms with Crippen molar-refractivity contribution in [3.63, 3.8) is 0 Å². The van der Waals surface area contributed by atoms with E-state index in [-0.39, 0.29) is 16.0 Å². The maximum absolute atomic E-state index is 13.9. The Morgan fingerprint density at radius 1 is 0.829 bits per heavy atom. The van der Waals surface area contributed by atoms with Gasteiger partial charge in [-0.3, -0.25) is 0 Å². The number of carbonyl (C=O) groups excluding carboxylic acids is 1. The number of carbonyl (C=O) groups is 1. The number of hydrogen-bond acceptors (Lipinski definition) is 2. The van der Waals surface area contributed by atoms with Crippen LogP contribution in [0.2, 0.25) is 0 Å². The van der Waals surface area contributed by atoms with Gasteiger partial charge in [-0.25, -0.2) is 13.6 Å². The average molecular weight is 484 g/mol. The molecule has 1 heterocycles. The Morgan fingerprint density at radius 2 is 1.49 bits per heavy atom. The second-order valence-electron chi connectivity index (χ2n) is 8.60. The lowest BCUT2D eigenvalue weighted by Gasteiger charge is -2.18. The normalized spacial score (nSPS) is 11.3. The number of rotatable bonds is 3. The van der Waals surface area contributed by atoms with Crippen LogP contribution in [0.4, 0.5) is 8.78 Å². The molecule has 0 saturated carbocycles. The molecule has 35 heavy (non-hydrogen) atoms. The van der Waals surface area contributed by atoms with E-state index in [1.807, 2.05) is 42.5 Å². The molecule has 5 aromatic rings. The average Bonchev–Trinajstić information content (AvgIpc) is 3.19. The summed E-state index contributed by atoms with van der Waals surface area (Å²) in [5, 5.41) is 2.42. The number of hydrogen-bond donors (Lipinski definition) is 0. The summed E-state index contributed by atoms with van der Waals surface area (Å²) in [5.74, 6) is 3.58. The first-order valence-electron chi connectivity index (χ1n) is 11.1. The Kier molecular flexibility index (Phi) is 5.84. The van der Waals surface area contributed by atoms with E-state index in [4.69, 9.17) is 4.74 Å². The van der Waals surface area contributed by atoms with Crippen LogP contribution in [0, 0.1) is 23.5 Å². The van der Waals surface area contributed by atoms with Gasteiger partial charge in [0.05, 0.1) is 11.1 Å². The smallest absolute Gasteiger partial charge is 0.339 e. The molecule has 0 bridgehead atoms. The first kappa shape index (κ1) is 22.8. The summed E-state index contributed by atoms with van der Waals surface area (Å²) < 4.78 is 35.4. The summed E-state index contributed by atoms with van der Waals surface area (Å²) in [4.78, 5) is 14.0. The van der Waals surface area contributed by atoms with Crippen LogP contribution in [0.15, 0.2) is 91.0 Å².